The number of aromatic amines is 2. The van der Waals surface area contributed by atoms with Crippen LogP contribution in [0.1, 0.15) is 5.56 Å². The fourth-order valence-corrected chi connectivity index (χ4v) is 1.66. The van der Waals surface area contributed by atoms with Gasteiger partial charge in [0.1, 0.15) is 6.10 Å². The molecule has 1 aliphatic rings. The Balaban J connectivity index is 2.52. The van der Waals surface area contributed by atoms with E-state index in [4.69, 9.17) is 4.74 Å². The van der Waals surface area contributed by atoms with E-state index in [1.54, 1.807) is 0 Å². The number of alkyl halides is 1. The predicted octanol–water partition coefficient (Wildman–Crippen LogP) is -0.238. The Morgan fingerprint density at radius 2 is 2.23 bits per heavy atom. The molecule has 6 heteroatoms. The van der Waals surface area contributed by atoms with Gasteiger partial charge in [0.15, 0.2) is 0 Å². The zero-order valence-electron chi connectivity index (χ0n) is 6.59. The maximum Gasteiger partial charge on any atom is 0.328 e. The van der Waals surface area contributed by atoms with Crippen LogP contribution in [0.5, 0.6) is 5.88 Å². The molecule has 0 amide bonds. The van der Waals surface area contributed by atoms with E-state index in [1.165, 1.54) is 0 Å². The Morgan fingerprint density at radius 3 is 2.92 bits per heavy atom. The molecule has 0 aliphatic carbocycles. The van der Waals surface area contributed by atoms with Crippen molar-refractivity contribution in [3.8, 4) is 5.88 Å². The van der Waals surface area contributed by atoms with Crippen molar-refractivity contribution in [2.45, 2.75) is 12.5 Å². The van der Waals surface area contributed by atoms with E-state index >= 15 is 0 Å². The van der Waals surface area contributed by atoms with Crippen molar-refractivity contribution in [1.29, 1.82) is 0 Å². The van der Waals surface area contributed by atoms with E-state index in [0.717, 1.165) is 0 Å². The number of H-pyrrole nitrogens is 2. The lowest BCUT2D eigenvalue weighted by Crippen LogP contribution is -2.23. The largest absolute Gasteiger partial charge is 0.474 e. The second-order valence-electron chi connectivity index (χ2n) is 2.81. The molecular formula is C7H7BrN2O3. The molecule has 0 spiro atoms. The van der Waals surface area contributed by atoms with Gasteiger partial charge in [0.2, 0.25) is 5.88 Å². The lowest BCUT2D eigenvalue weighted by atomic mass is 10.2. The highest BCUT2D eigenvalue weighted by atomic mass is 79.9. The number of rotatable bonds is 1. The van der Waals surface area contributed by atoms with Crippen LogP contribution in [0.3, 0.4) is 0 Å². The molecule has 1 aromatic heterocycles. The van der Waals surface area contributed by atoms with Crippen molar-refractivity contribution in [2.75, 3.05) is 5.33 Å². The molecule has 1 aliphatic heterocycles. The smallest absolute Gasteiger partial charge is 0.328 e. The molecule has 0 aromatic carbocycles. The van der Waals surface area contributed by atoms with Crippen LogP contribution in [-0.2, 0) is 6.42 Å². The first kappa shape index (κ1) is 8.55. The summed E-state index contributed by atoms with van der Waals surface area (Å²) < 4.78 is 5.30. The van der Waals surface area contributed by atoms with Crippen LogP contribution in [0.25, 0.3) is 0 Å². The molecule has 5 nitrogen and oxygen atoms in total. The fourth-order valence-electron chi connectivity index (χ4n) is 1.30. The van der Waals surface area contributed by atoms with Gasteiger partial charge in [-0.25, -0.2) is 4.79 Å². The van der Waals surface area contributed by atoms with Gasteiger partial charge in [-0.1, -0.05) is 15.9 Å². The summed E-state index contributed by atoms with van der Waals surface area (Å²) in [4.78, 5) is 26.7. The van der Waals surface area contributed by atoms with Gasteiger partial charge in [0, 0.05) is 11.8 Å². The lowest BCUT2D eigenvalue weighted by molar-refractivity contribution is 0.251. The number of hydrogen-bond acceptors (Lipinski definition) is 3. The molecule has 13 heavy (non-hydrogen) atoms. The SMILES string of the molecule is O=c1[nH]c2c(c(=O)[nH]1)CC(CBr)O2. The molecule has 0 bridgehead atoms. The fraction of sp³-hybridized carbons (Fsp3) is 0.429. The number of hydrogen-bond donors (Lipinski definition) is 2. The van der Waals surface area contributed by atoms with Gasteiger partial charge in [-0.05, 0) is 0 Å². The Bertz CT molecular complexity index is 436. The zero-order chi connectivity index (χ0) is 9.42. The highest BCUT2D eigenvalue weighted by molar-refractivity contribution is 9.09. The van der Waals surface area contributed by atoms with E-state index in [0.29, 0.717) is 23.2 Å². The van der Waals surface area contributed by atoms with Crippen molar-refractivity contribution in [2.24, 2.45) is 0 Å². The average Bonchev–Trinajstić information content (AvgIpc) is 2.47. The van der Waals surface area contributed by atoms with E-state index in [1.807, 2.05) is 0 Å². The Kier molecular flexibility index (Phi) is 1.99. The topological polar surface area (TPSA) is 75.0 Å². The zero-order valence-corrected chi connectivity index (χ0v) is 8.18. The average molecular weight is 247 g/mol. The monoisotopic (exact) mass is 246 g/mol. The van der Waals surface area contributed by atoms with Gasteiger partial charge in [-0.15, -0.1) is 0 Å². The minimum absolute atomic E-state index is 0.0610. The van der Waals surface area contributed by atoms with Gasteiger partial charge < -0.3 is 4.74 Å². The second-order valence-corrected chi connectivity index (χ2v) is 3.46. The standard InChI is InChI=1S/C7H7BrN2O3/c8-2-3-1-4-5(11)9-7(12)10-6(4)13-3/h3H,1-2H2,(H2,9,10,11,12). The second kappa shape index (κ2) is 3.02. The first-order chi connectivity index (χ1) is 6.20. The molecule has 1 atom stereocenters. The molecule has 0 saturated heterocycles. The van der Waals surface area contributed by atoms with Crippen LogP contribution in [0, 0.1) is 0 Å². The molecule has 2 rings (SSSR count). The third kappa shape index (κ3) is 1.41. The highest BCUT2D eigenvalue weighted by Crippen LogP contribution is 2.22. The number of aromatic nitrogens is 2. The quantitative estimate of drug-likeness (QED) is 0.672. The summed E-state index contributed by atoms with van der Waals surface area (Å²) in [5, 5.41) is 0.642. The molecule has 1 unspecified atom stereocenters. The van der Waals surface area contributed by atoms with Crippen LogP contribution >= 0.6 is 15.9 Å². The molecule has 0 radical (unpaired) electrons. The first-order valence-electron chi connectivity index (χ1n) is 3.79. The summed E-state index contributed by atoms with van der Waals surface area (Å²) in [6.07, 6.45) is 0.473. The molecular weight excluding hydrogens is 240 g/mol. The summed E-state index contributed by atoms with van der Waals surface area (Å²) >= 11 is 3.25. The number of nitrogens with one attached hydrogen (secondary N) is 2. The van der Waals surface area contributed by atoms with E-state index in [9.17, 15) is 9.59 Å². The van der Waals surface area contributed by atoms with Gasteiger partial charge in [-0.2, -0.15) is 0 Å². The van der Waals surface area contributed by atoms with Crippen LogP contribution < -0.4 is 16.0 Å². The lowest BCUT2D eigenvalue weighted by Gasteiger charge is -2.03. The summed E-state index contributed by atoms with van der Waals surface area (Å²) in [6.45, 7) is 0. The molecule has 70 valence electrons. The van der Waals surface area contributed by atoms with Crippen molar-refractivity contribution >= 4 is 15.9 Å². The normalized spacial score (nSPS) is 19.6. The number of fused-ring (bicyclic) bond motifs is 1. The van der Waals surface area contributed by atoms with Crippen molar-refractivity contribution in [3.05, 3.63) is 26.4 Å². The third-order valence-electron chi connectivity index (χ3n) is 1.89. The van der Waals surface area contributed by atoms with Crippen LogP contribution in [0.2, 0.25) is 0 Å². The molecule has 0 saturated carbocycles. The Hall–Kier alpha value is -1.04. The maximum absolute atomic E-state index is 11.2. The molecule has 2 heterocycles. The summed E-state index contributed by atoms with van der Waals surface area (Å²) in [6, 6.07) is 0. The van der Waals surface area contributed by atoms with Crippen molar-refractivity contribution < 1.29 is 4.74 Å². The Morgan fingerprint density at radius 1 is 1.46 bits per heavy atom. The predicted molar refractivity (Wildman–Crippen MR) is 49.6 cm³/mol. The Labute approximate surface area is 81.3 Å². The number of ether oxygens (including phenoxy) is 1. The van der Waals surface area contributed by atoms with Gasteiger partial charge >= 0.3 is 5.69 Å². The van der Waals surface area contributed by atoms with Crippen LogP contribution in [-0.4, -0.2) is 21.4 Å². The van der Waals surface area contributed by atoms with Gasteiger partial charge in [-0.3, -0.25) is 14.8 Å². The maximum atomic E-state index is 11.2. The minimum Gasteiger partial charge on any atom is -0.474 e. The third-order valence-corrected chi connectivity index (χ3v) is 2.61. The first-order valence-corrected chi connectivity index (χ1v) is 4.91. The molecule has 2 N–H and O–H groups in total. The van der Waals surface area contributed by atoms with Crippen LogP contribution in [0.15, 0.2) is 9.59 Å². The van der Waals surface area contributed by atoms with E-state index in [-0.39, 0.29) is 11.7 Å². The summed E-state index contributed by atoms with van der Waals surface area (Å²) in [5.74, 6) is 0.304. The van der Waals surface area contributed by atoms with Crippen LogP contribution in [0.4, 0.5) is 0 Å². The number of halogens is 1. The van der Waals surface area contributed by atoms with Gasteiger partial charge in [0.05, 0.1) is 5.56 Å². The molecule has 1 aromatic rings. The summed E-state index contributed by atoms with van der Waals surface area (Å²) in [5.41, 5.74) is -0.370. The summed E-state index contributed by atoms with van der Waals surface area (Å²) in [7, 11) is 0. The van der Waals surface area contributed by atoms with Crippen molar-refractivity contribution in [3.63, 3.8) is 0 Å². The van der Waals surface area contributed by atoms with E-state index < -0.39 is 5.69 Å². The van der Waals surface area contributed by atoms with E-state index in [2.05, 4.69) is 25.9 Å². The van der Waals surface area contributed by atoms with Gasteiger partial charge in [0.25, 0.3) is 5.56 Å². The minimum atomic E-state index is -0.529. The highest BCUT2D eigenvalue weighted by Gasteiger charge is 2.25. The molecule has 0 fully saturated rings. The van der Waals surface area contributed by atoms with Crippen molar-refractivity contribution in [1.82, 2.24) is 9.97 Å².